The Morgan fingerprint density at radius 3 is 2.79 bits per heavy atom. The van der Waals surface area contributed by atoms with Crippen LogP contribution in [0.2, 0.25) is 0 Å². The second-order valence-corrected chi connectivity index (χ2v) is 6.21. The van der Waals surface area contributed by atoms with Crippen LogP contribution in [0.1, 0.15) is 50.8 Å². The van der Waals surface area contributed by atoms with Crippen LogP contribution in [0.15, 0.2) is 12.3 Å². The Labute approximate surface area is 116 Å². The highest BCUT2D eigenvalue weighted by molar-refractivity contribution is 5.10. The van der Waals surface area contributed by atoms with Crippen LogP contribution < -0.4 is 5.32 Å². The van der Waals surface area contributed by atoms with E-state index in [-0.39, 0.29) is 0 Å². The summed E-state index contributed by atoms with van der Waals surface area (Å²) in [6, 6.07) is 2.64. The van der Waals surface area contributed by atoms with Crippen molar-refractivity contribution in [3.63, 3.8) is 0 Å². The molecule has 106 valence electrons. The lowest BCUT2D eigenvalue weighted by Gasteiger charge is -2.52. The number of aryl methyl sites for hydroxylation is 1. The van der Waals surface area contributed by atoms with Gasteiger partial charge < -0.3 is 5.32 Å². The maximum absolute atomic E-state index is 4.34. The lowest BCUT2D eigenvalue weighted by molar-refractivity contribution is -0.00502. The molecule has 2 aliphatic rings. The quantitative estimate of drug-likeness (QED) is 0.886. The molecule has 1 atom stereocenters. The smallest absolute Gasteiger partial charge is 0.0549 e. The Hall–Kier alpha value is -0.870. The SMILES string of the molecule is CC(c1ccnn1C)N1CCNCC12CCCCC2. The average molecular weight is 262 g/mol. The van der Waals surface area contributed by atoms with Gasteiger partial charge in [0.1, 0.15) is 0 Å². The van der Waals surface area contributed by atoms with Gasteiger partial charge in [-0.15, -0.1) is 0 Å². The topological polar surface area (TPSA) is 33.1 Å². The molecule has 1 aliphatic carbocycles. The van der Waals surface area contributed by atoms with Crippen molar-refractivity contribution in [2.24, 2.45) is 7.05 Å². The van der Waals surface area contributed by atoms with Crippen LogP contribution in [-0.2, 0) is 7.05 Å². The van der Waals surface area contributed by atoms with Gasteiger partial charge in [-0.2, -0.15) is 5.10 Å². The number of nitrogens with zero attached hydrogens (tertiary/aromatic N) is 3. The first-order valence-corrected chi connectivity index (χ1v) is 7.68. The average Bonchev–Trinajstić information content (AvgIpc) is 2.86. The van der Waals surface area contributed by atoms with E-state index in [1.165, 1.54) is 37.8 Å². The molecule has 1 aromatic heterocycles. The molecule has 4 nitrogen and oxygen atoms in total. The molecule has 0 radical (unpaired) electrons. The molecule has 3 rings (SSSR count). The highest BCUT2D eigenvalue weighted by atomic mass is 15.3. The van der Waals surface area contributed by atoms with Gasteiger partial charge in [0, 0.05) is 44.5 Å². The van der Waals surface area contributed by atoms with Crippen LogP contribution in [0.4, 0.5) is 0 Å². The molecule has 2 heterocycles. The normalized spacial score (nSPS) is 25.6. The lowest BCUT2D eigenvalue weighted by Crippen LogP contribution is -2.62. The van der Waals surface area contributed by atoms with Crippen LogP contribution in [0.5, 0.6) is 0 Å². The summed E-state index contributed by atoms with van der Waals surface area (Å²) in [5.41, 5.74) is 1.73. The molecular weight excluding hydrogens is 236 g/mol. The zero-order chi connectivity index (χ0) is 13.3. The second kappa shape index (κ2) is 5.25. The Kier molecular flexibility index (Phi) is 3.63. The van der Waals surface area contributed by atoms with Crippen molar-refractivity contribution in [2.75, 3.05) is 19.6 Å². The van der Waals surface area contributed by atoms with Gasteiger partial charge in [0.05, 0.1) is 5.69 Å². The molecule has 1 saturated carbocycles. The molecule has 0 aromatic carbocycles. The molecule has 19 heavy (non-hydrogen) atoms. The first-order valence-electron chi connectivity index (χ1n) is 7.68. The minimum Gasteiger partial charge on any atom is -0.314 e. The summed E-state index contributed by atoms with van der Waals surface area (Å²) in [7, 11) is 2.06. The number of hydrogen-bond donors (Lipinski definition) is 1. The van der Waals surface area contributed by atoms with Crippen molar-refractivity contribution in [3.05, 3.63) is 18.0 Å². The van der Waals surface area contributed by atoms with E-state index in [9.17, 15) is 0 Å². The summed E-state index contributed by atoms with van der Waals surface area (Å²) >= 11 is 0. The van der Waals surface area contributed by atoms with Crippen molar-refractivity contribution >= 4 is 0 Å². The zero-order valence-electron chi connectivity index (χ0n) is 12.2. The molecule has 4 heteroatoms. The number of aromatic nitrogens is 2. The van der Waals surface area contributed by atoms with Crippen molar-refractivity contribution < 1.29 is 0 Å². The molecule has 2 fully saturated rings. The predicted molar refractivity (Wildman–Crippen MR) is 77.0 cm³/mol. The first kappa shape index (κ1) is 13.1. The Morgan fingerprint density at radius 2 is 2.11 bits per heavy atom. The lowest BCUT2D eigenvalue weighted by atomic mass is 9.78. The van der Waals surface area contributed by atoms with E-state index in [1.807, 2.05) is 10.9 Å². The van der Waals surface area contributed by atoms with E-state index in [4.69, 9.17) is 0 Å². The van der Waals surface area contributed by atoms with E-state index in [0.717, 1.165) is 19.6 Å². The highest BCUT2D eigenvalue weighted by Gasteiger charge is 2.42. The van der Waals surface area contributed by atoms with Gasteiger partial charge >= 0.3 is 0 Å². The third kappa shape index (κ3) is 2.32. The third-order valence-corrected chi connectivity index (χ3v) is 5.13. The van der Waals surface area contributed by atoms with Gasteiger partial charge in [-0.1, -0.05) is 19.3 Å². The minimum absolute atomic E-state index is 0.389. The molecule has 1 unspecified atom stereocenters. The van der Waals surface area contributed by atoms with Crippen molar-refractivity contribution in [2.45, 2.75) is 50.6 Å². The van der Waals surface area contributed by atoms with Gasteiger partial charge in [-0.25, -0.2) is 0 Å². The largest absolute Gasteiger partial charge is 0.314 e. The summed E-state index contributed by atoms with van der Waals surface area (Å²) in [6.45, 7) is 5.78. The number of nitrogens with one attached hydrogen (secondary N) is 1. The van der Waals surface area contributed by atoms with Gasteiger partial charge in [0.15, 0.2) is 0 Å². The number of rotatable bonds is 2. The fourth-order valence-electron chi connectivity index (χ4n) is 4.09. The van der Waals surface area contributed by atoms with Gasteiger partial charge in [0.2, 0.25) is 0 Å². The Bertz CT molecular complexity index is 411. The molecule has 1 saturated heterocycles. The molecule has 1 N–H and O–H groups in total. The molecule has 1 aliphatic heterocycles. The summed E-state index contributed by atoms with van der Waals surface area (Å²) < 4.78 is 2.03. The first-order chi connectivity index (χ1) is 9.23. The second-order valence-electron chi connectivity index (χ2n) is 6.21. The molecule has 1 spiro atoms. The van der Waals surface area contributed by atoms with Gasteiger partial charge in [-0.05, 0) is 25.8 Å². The van der Waals surface area contributed by atoms with E-state index >= 15 is 0 Å². The summed E-state index contributed by atoms with van der Waals surface area (Å²) in [4.78, 5) is 2.75. The standard InChI is InChI=1S/C15H26N4/c1-13(14-6-9-17-18(14)2)19-11-10-16-12-15(19)7-4-3-5-8-15/h6,9,13,16H,3-5,7-8,10-12H2,1-2H3. The van der Waals surface area contributed by atoms with Crippen molar-refractivity contribution in [1.82, 2.24) is 20.0 Å². The molecular formula is C15H26N4. The van der Waals surface area contributed by atoms with E-state index in [1.54, 1.807) is 0 Å². The van der Waals surface area contributed by atoms with Crippen LogP contribution in [0, 0.1) is 0 Å². The molecule has 1 aromatic rings. The summed E-state index contributed by atoms with van der Waals surface area (Å²) in [5, 5.41) is 7.97. The summed E-state index contributed by atoms with van der Waals surface area (Å²) in [5.74, 6) is 0. The van der Waals surface area contributed by atoms with Crippen LogP contribution in [-0.4, -0.2) is 39.9 Å². The van der Waals surface area contributed by atoms with Crippen LogP contribution in [0.3, 0.4) is 0 Å². The predicted octanol–water partition coefficient (Wildman–Crippen LogP) is 2.09. The Balaban J connectivity index is 1.86. The Morgan fingerprint density at radius 1 is 1.32 bits per heavy atom. The van der Waals surface area contributed by atoms with E-state index in [2.05, 4.69) is 35.4 Å². The fourth-order valence-corrected chi connectivity index (χ4v) is 4.09. The number of hydrogen-bond acceptors (Lipinski definition) is 3. The van der Waals surface area contributed by atoms with Crippen LogP contribution in [0.25, 0.3) is 0 Å². The molecule has 0 bridgehead atoms. The van der Waals surface area contributed by atoms with Gasteiger partial charge in [0.25, 0.3) is 0 Å². The summed E-state index contributed by atoms with van der Waals surface area (Å²) in [6.07, 6.45) is 8.80. The van der Waals surface area contributed by atoms with Crippen LogP contribution >= 0.6 is 0 Å². The molecule has 0 amide bonds. The van der Waals surface area contributed by atoms with Crippen molar-refractivity contribution in [1.29, 1.82) is 0 Å². The minimum atomic E-state index is 0.389. The highest BCUT2D eigenvalue weighted by Crippen LogP contribution is 2.39. The monoisotopic (exact) mass is 262 g/mol. The third-order valence-electron chi connectivity index (χ3n) is 5.13. The van der Waals surface area contributed by atoms with Crippen molar-refractivity contribution in [3.8, 4) is 0 Å². The van der Waals surface area contributed by atoms with Gasteiger partial charge in [-0.3, -0.25) is 9.58 Å². The maximum atomic E-state index is 4.34. The van der Waals surface area contributed by atoms with E-state index in [0.29, 0.717) is 11.6 Å². The maximum Gasteiger partial charge on any atom is 0.0549 e. The zero-order valence-corrected chi connectivity index (χ0v) is 12.2. The number of piperazine rings is 1. The fraction of sp³-hybridized carbons (Fsp3) is 0.800. The van der Waals surface area contributed by atoms with E-state index < -0.39 is 0 Å².